The van der Waals surface area contributed by atoms with Crippen LogP contribution in [0.2, 0.25) is 0 Å². The number of imide groups is 1. The molecule has 1 aromatic carbocycles. The van der Waals surface area contributed by atoms with Gasteiger partial charge in [0.15, 0.2) is 0 Å². The normalized spacial score (nSPS) is 22.2. The molecule has 1 aromatic rings. The molecule has 3 rings (SSSR count). The minimum absolute atomic E-state index is 0.248. The largest absolute Gasteiger partial charge is 0.346 e. The molecule has 2 amide bonds. The summed E-state index contributed by atoms with van der Waals surface area (Å²) in [7, 11) is 0. The van der Waals surface area contributed by atoms with E-state index in [-0.39, 0.29) is 17.6 Å². The van der Waals surface area contributed by atoms with Crippen LogP contribution in [0.3, 0.4) is 0 Å². The summed E-state index contributed by atoms with van der Waals surface area (Å²) in [5.74, 6) is -0.886. The summed E-state index contributed by atoms with van der Waals surface area (Å²) in [5.41, 5.74) is 1.46. The molecule has 98 valence electrons. The van der Waals surface area contributed by atoms with E-state index in [4.69, 9.17) is 0 Å². The molecule has 0 aromatic heterocycles. The minimum atomic E-state index is -0.419. The van der Waals surface area contributed by atoms with E-state index >= 15 is 0 Å². The number of carbonyl (C=O) groups is 2. The monoisotopic (exact) mass is 261 g/mol. The Bertz CT molecular complexity index is 585. The van der Waals surface area contributed by atoms with E-state index in [2.05, 4.69) is 10.3 Å². The molecule has 19 heavy (non-hydrogen) atoms. The van der Waals surface area contributed by atoms with E-state index in [9.17, 15) is 14.0 Å². The summed E-state index contributed by atoms with van der Waals surface area (Å²) in [6, 6.07) is 3.98. The van der Waals surface area contributed by atoms with Crippen molar-refractivity contribution in [1.82, 2.24) is 10.2 Å². The topological polar surface area (TPSA) is 61.8 Å². The maximum atomic E-state index is 13.2. The summed E-state index contributed by atoms with van der Waals surface area (Å²) < 4.78 is 13.2. The van der Waals surface area contributed by atoms with Crippen LogP contribution in [0.5, 0.6) is 0 Å². The maximum absolute atomic E-state index is 13.2. The first-order valence-electron chi connectivity index (χ1n) is 6.05. The summed E-state index contributed by atoms with van der Waals surface area (Å²) in [6.07, 6.45) is 2.36. The summed E-state index contributed by atoms with van der Waals surface area (Å²) in [6.45, 7) is 0.420. The number of halogens is 1. The summed E-state index contributed by atoms with van der Waals surface area (Å²) >= 11 is 0. The molecule has 1 unspecified atom stereocenters. The third-order valence-electron chi connectivity index (χ3n) is 3.35. The fourth-order valence-electron chi connectivity index (χ4n) is 2.37. The van der Waals surface area contributed by atoms with Crippen molar-refractivity contribution in [2.24, 2.45) is 4.99 Å². The lowest BCUT2D eigenvalue weighted by Crippen LogP contribution is -2.52. The first-order valence-corrected chi connectivity index (χ1v) is 6.05. The van der Waals surface area contributed by atoms with Gasteiger partial charge in [0.1, 0.15) is 11.9 Å². The predicted molar refractivity (Wildman–Crippen MR) is 66.3 cm³/mol. The van der Waals surface area contributed by atoms with Gasteiger partial charge in [-0.15, -0.1) is 0 Å². The van der Waals surface area contributed by atoms with Gasteiger partial charge in [-0.2, -0.15) is 0 Å². The molecule has 0 saturated carbocycles. The van der Waals surface area contributed by atoms with Crippen LogP contribution < -0.4 is 5.32 Å². The molecule has 2 aliphatic rings. The van der Waals surface area contributed by atoms with E-state index in [1.807, 2.05) is 0 Å². The van der Waals surface area contributed by atoms with Gasteiger partial charge in [0.2, 0.25) is 11.8 Å². The number of carbonyl (C=O) groups excluding carboxylic acids is 2. The van der Waals surface area contributed by atoms with E-state index in [0.717, 1.165) is 5.56 Å². The molecule has 2 aliphatic heterocycles. The Kier molecular flexibility index (Phi) is 2.77. The molecular weight excluding hydrogens is 249 g/mol. The number of piperidine rings is 1. The number of hydrogen-bond donors (Lipinski definition) is 1. The van der Waals surface area contributed by atoms with E-state index < -0.39 is 6.04 Å². The molecule has 1 saturated heterocycles. The molecule has 5 nitrogen and oxygen atoms in total. The van der Waals surface area contributed by atoms with Crippen LogP contribution in [-0.4, -0.2) is 29.1 Å². The fraction of sp³-hybridized carbons (Fsp3) is 0.308. The number of nitrogens with zero attached hydrogens (tertiary/aromatic N) is 2. The van der Waals surface area contributed by atoms with Crippen LogP contribution in [0.4, 0.5) is 10.1 Å². The number of benzene rings is 1. The number of nitrogens with one attached hydrogen (secondary N) is 1. The van der Waals surface area contributed by atoms with Crippen LogP contribution in [0.25, 0.3) is 0 Å². The van der Waals surface area contributed by atoms with Crippen LogP contribution in [0.1, 0.15) is 18.4 Å². The highest BCUT2D eigenvalue weighted by atomic mass is 19.1. The highest BCUT2D eigenvalue weighted by molar-refractivity contribution is 6.01. The average molecular weight is 261 g/mol. The van der Waals surface area contributed by atoms with Crippen molar-refractivity contribution in [3.05, 3.63) is 29.6 Å². The Morgan fingerprint density at radius 2 is 2.21 bits per heavy atom. The van der Waals surface area contributed by atoms with Crippen LogP contribution in [-0.2, 0) is 16.1 Å². The first-order chi connectivity index (χ1) is 9.13. The number of rotatable bonds is 1. The zero-order chi connectivity index (χ0) is 13.4. The van der Waals surface area contributed by atoms with Crippen LogP contribution >= 0.6 is 0 Å². The molecule has 1 fully saturated rings. The second-order valence-corrected chi connectivity index (χ2v) is 4.66. The second-order valence-electron chi connectivity index (χ2n) is 4.66. The van der Waals surface area contributed by atoms with Gasteiger partial charge in [-0.25, -0.2) is 9.38 Å². The lowest BCUT2D eigenvalue weighted by molar-refractivity contribution is -0.136. The third-order valence-corrected chi connectivity index (χ3v) is 3.35. The number of aliphatic imine (C=N–C) groups is 1. The molecule has 0 spiro atoms. The van der Waals surface area contributed by atoms with E-state index in [1.165, 1.54) is 12.1 Å². The molecule has 1 N–H and O–H groups in total. The molecular formula is C13H12FN3O2. The molecule has 0 bridgehead atoms. The molecule has 0 aliphatic carbocycles. The minimum Gasteiger partial charge on any atom is -0.346 e. The zero-order valence-electron chi connectivity index (χ0n) is 10.1. The van der Waals surface area contributed by atoms with Gasteiger partial charge in [-0.3, -0.25) is 14.9 Å². The Hall–Kier alpha value is -2.24. The average Bonchev–Trinajstić information content (AvgIpc) is 2.38. The van der Waals surface area contributed by atoms with E-state index in [0.29, 0.717) is 25.1 Å². The summed E-state index contributed by atoms with van der Waals surface area (Å²) in [5, 5.41) is 2.31. The highest BCUT2D eigenvalue weighted by Gasteiger charge is 2.31. The number of amides is 2. The first kappa shape index (κ1) is 11.8. The smallest absolute Gasteiger partial charge is 0.249 e. The summed E-state index contributed by atoms with van der Waals surface area (Å²) in [4.78, 5) is 28.8. The SMILES string of the molecule is O=C1CCC(N2C=Nc3ccc(F)cc3C2)C(=O)N1. The van der Waals surface area contributed by atoms with Crippen molar-refractivity contribution in [2.45, 2.75) is 25.4 Å². The lowest BCUT2D eigenvalue weighted by atomic mass is 10.0. The molecule has 6 heteroatoms. The van der Waals surface area contributed by atoms with Gasteiger partial charge in [0.25, 0.3) is 0 Å². The number of hydrogen-bond acceptors (Lipinski definition) is 4. The van der Waals surface area contributed by atoms with Gasteiger partial charge < -0.3 is 4.90 Å². The lowest BCUT2D eigenvalue weighted by Gasteiger charge is -2.33. The van der Waals surface area contributed by atoms with Gasteiger partial charge in [-0.05, 0) is 24.6 Å². The van der Waals surface area contributed by atoms with Crippen molar-refractivity contribution < 1.29 is 14.0 Å². The van der Waals surface area contributed by atoms with Crippen molar-refractivity contribution in [3.63, 3.8) is 0 Å². The standard InChI is InChI=1S/C13H12FN3O2/c14-9-1-2-10-8(5-9)6-17(7-15-10)11-3-4-12(18)16-13(11)19/h1-2,5,7,11H,3-4,6H2,(H,16,18,19). The van der Waals surface area contributed by atoms with Gasteiger partial charge in [-0.1, -0.05) is 0 Å². The zero-order valence-corrected chi connectivity index (χ0v) is 10.1. The molecule has 2 heterocycles. The molecule has 0 radical (unpaired) electrons. The molecule has 1 atom stereocenters. The Morgan fingerprint density at radius 1 is 1.37 bits per heavy atom. The Labute approximate surface area is 109 Å². The second kappa shape index (κ2) is 4.46. The highest BCUT2D eigenvalue weighted by Crippen LogP contribution is 2.27. The Balaban J connectivity index is 1.82. The van der Waals surface area contributed by atoms with Gasteiger partial charge in [0.05, 0.1) is 12.0 Å². The Morgan fingerprint density at radius 3 is 3.00 bits per heavy atom. The third kappa shape index (κ3) is 2.21. The van der Waals surface area contributed by atoms with Crippen molar-refractivity contribution in [3.8, 4) is 0 Å². The van der Waals surface area contributed by atoms with Crippen LogP contribution in [0.15, 0.2) is 23.2 Å². The van der Waals surface area contributed by atoms with Gasteiger partial charge >= 0.3 is 0 Å². The predicted octanol–water partition coefficient (Wildman–Crippen LogP) is 1.11. The van der Waals surface area contributed by atoms with Crippen molar-refractivity contribution in [1.29, 1.82) is 0 Å². The van der Waals surface area contributed by atoms with E-state index in [1.54, 1.807) is 17.3 Å². The maximum Gasteiger partial charge on any atom is 0.249 e. The van der Waals surface area contributed by atoms with Crippen molar-refractivity contribution in [2.75, 3.05) is 0 Å². The quantitative estimate of drug-likeness (QED) is 0.770. The fourth-order valence-corrected chi connectivity index (χ4v) is 2.37. The van der Waals surface area contributed by atoms with Gasteiger partial charge in [0, 0.05) is 18.5 Å². The van der Waals surface area contributed by atoms with Crippen LogP contribution in [0, 0.1) is 5.82 Å². The van der Waals surface area contributed by atoms with Crippen molar-refractivity contribution >= 4 is 23.8 Å². The number of fused-ring (bicyclic) bond motifs is 1.